The molecule has 1 aliphatic heterocycles. The number of hydrogen-bond donors (Lipinski definition) is 1. The lowest BCUT2D eigenvalue weighted by molar-refractivity contribution is -0.128. The zero-order chi connectivity index (χ0) is 13.2. The van der Waals surface area contributed by atoms with E-state index < -0.39 is 10.0 Å². The van der Waals surface area contributed by atoms with Crippen LogP contribution in [0.15, 0.2) is 16.3 Å². The van der Waals surface area contributed by atoms with Crippen molar-refractivity contribution in [3.05, 3.63) is 17.0 Å². The first-order valence-electron chi connectivity index (χ1n) is 5.83. The Bertz CT molecular complexity index is 530. The summed E-state index contributed by atoms with van der Waals surface area (Å²) in [6.45, 7) is 3.16. The molecular weight excluding hydrogens is 272 g/mol. The van der Waals surface area contributed by atoms with Gasteiger partial charge >= 0.3 is 0 Å². The second-order valence-electron chi connectivity index (χ2n) is 4.28. The molecule has 0 aromatic carbocycles. The summed E-state index contributed by atoms with van der Waals surface area (Å²) in [5, 5.41) is 0. The van der Waals surface area contributed by atoms with Gasteiger partial charge in [-0.05, 0) is 31.9 Å². The van der Waals surface area contributed by atoms with E-state index in [4.69, 9.17) is 0 Å². The number of thiophene rings is 1. The van der Waals surface area contributed by atoms with Gasteiger partial charge in [0.2, 0.25) is 5.91 Å². The summed E-state index contributed by atoms with van der Waals surface area (Å²) in [6.07, 6.45) is 2.01. The first-order chi connectivity index (χ1) is 8.49. The Hall–Kier alpha value is -0.920. The molecule has 1 N–H and O–H groups in total. The van der Waals surface area contributed by atoms with Crippen LogP contribution in [0.25, 0.3) is 0 Å². The van der Waals surface area contributed by atoms with Gasteiger partial charge in [0.1, 0.15) is 4.21 Å². The van der Waals surface area contributed by atoms with Crippen LogP contribution in [0, 0.1) is 6.92 Å². The number of carbonyl (C=O) groups is 1. The van der Waals surface area contributed by atoms with Crippen molar-refractivity contribution in [2.45, 2.75) is 24.0 Å². The molecule has 1 fully saturated rings. The number of rotatable bonds is 4. The molecule has 0 bridgehead atoms. The third-order valence-electron chi connectivity index (χ3n) is 2.85. The molecule has 7 heteroatoms. The zero-order valence-electron chi connectivity index (χ0n) is 10.2. The van der Waals surface area contributed by atoms with Crippen LogP contribution in [0.3, 0.4) is 0 Å². The van der Waals surface area contributed by atoms with E-state index in [1.807, 2.05) is 6.92 Å². The summed E-state index contributed by atoms with van der Waals surface area (Å²) >= 11 is 1.20. The average molecular weight is 288 g/mol. The van der Waals surface area contributed by atoms with E-state index in [2.05, 4.69) is 4.72 Å². The van der Waals surface area contributed by atoms with Crippen LogP contribution in [-0.4, -0.2) is 38.9 Å². The van der Waals surface area contributed by atoms with Gasteiger partial charge in [-0.15, -0.1) is 11.3 Å². The van der Waals surface area contributed by atoms with Crippen LogP contribution < -0.4 is 4.72 Å². The lowest BCUT2D eigenvalue weighted by Gasteiger charge is -2.15. The molecule has 0 atom stereocenters. The predicted octanol–water partition coefficient (Wildman–Crippen LogP) is 0.957. The van der Waals surface area contributed by atoms with E-state index in [0.29, 0.717) is 0 Å². The van der Waals surface area contributed by atoms with Crippen LogP contribution in [0.5, 0.6) is 0 Å². The maximum atomic E-state index is 11.9. The normalized spacial score (nSPS) is 16.2. The van der Waals surface area contributed by atoms with Crippen molar-refractivity contribution in [3.63, 3.8) is 0 Å². The first kappa shape index (κ1) is 13.5. The third-order valence-corrected chi connectivity index (χ3v) is 5.75. The molecule has 2 heterocycles. The minimum absolute atomic E-state index is 0.149. The maximum absolute atomic E-state index is 11.9. The molecular formula is C11H16N2O3S2. The Morgan fingerprint density at radius 3 is 2.61 bits per heavy atom. The molecule has 1 aliphatic rings. The summed E-state index contributed by atoms with van der Waals surface area (Å²) in [5.41, 5.74) is 0. The smallest absolute Gasteiger partial charge is 0.250 e. The Morgan fingerprint density at radius 1 is 1.39 bits per heavy atom. The van der Waals surface area contributed by atoms with Crippen molar-refractivity contribution in [3.8, 4) is 0 Å². The molecule has 2 rings (SSSR count). The minimum atomic E-state index is -3.54. The van der Waals surface area contributed by atoms with Gasteiger partial charge in [-0.1, -0.05) is 0 Å². The first-order valence-corrected chi connectivity index (χ1v) is 8.13. The third kappa shape index (κ3) is 3.09. The van der Waals surface area contributed by atoms with Crippen molar-refractivity contribution in [2.24, 2.45) is 0 Å². The number of nitrogens with one attached hydrogen (secondary N) is 1. The molecule has 1 amide bonds. The van der Waals surface area contributed by atoms with Gasteiger partial charge in [-0.2, -0.15) is 0 Å². The van der Waals surface area contributed by atoms with Crippen molar-refractivity contribution < 1.29 is 13.2 Å². The fourth-order valence-electron chi connectivity index (χ4n) is 1.86. The highest BCUT2D eigenvalue weighted by molar-refractivity contribution is 7.91. The highest BCUT2D eigenvalue weighted by Crippen LogP contribution is 2.20. The van der Waals surface area contributed by atoms with Gasteiger partial charge in [0.15, 0.2) is 0 Å². The maximum Gasteiger partial charge on any atom is 0.250 e. The lowest BCUT2D eigenvalue weighted by Crippen LogP contribution is -2.38. The van der Waals surface area contributed by atoms with Crippen LogP contribution in [-0.2, 0) is 14.8 Å². The molecule has 18 heavy (non-hydrogen) atoms. The van der Waals surface area contributed by atoms with Crippen LogP contribution in [0.2, 0.25) is 0 Å². The van der Waals surface area contributed by atoms with Crippen LogP contribution in [0.1, 0.15) is 17.7 Å². The lowest BCUT2D eigenvalue weighted by atomic mass is 10.4. The Balaban J connectivity index is 1.95. The number of amides is 1. The molecule has 0 saturated carbocycles. The van der Waals surface area contributed by atoms with E-state index in [9.17, 15) is 13.2 Å². The summed E-state index contributed by atoms with van der Waals surface area (Å²) in [7, 11) is -3.54. The van der Waals surface area contributed by atoms with Gasteiger partial charge in [0.05, 0.1) is 6.54 Å². The summed E-state index contributed by atoms with van der Waals surface area (Å²) in [4.78, 5) is 14.4. The monoisotopic (exact) mass is 288 g/mol. The topological polar surface area (TPSA) is 66.5 Å². The highest BCUT2D eigenvalue weighted by Gasteiger charge is 2.21. The van der Waals surface area contributed by atoms with Crippen LogP contribution >= 0.6 is 11.3 Å². The summed E-state index contributed by atoms with van der Waals surface area (Å²) in [5.74, 6) is -0.149. The second kappa shape index (κ2) is 5.38. The standard InChI is InChI=1S/C11H16N2O3S2/c1-9-4-5-11(17-9)18(15,16)12-8-10(14)13-6-2-3-7-13/h4-5,12H,2-3,6-8H2,1H3. The second-order valence-corrected chi connectivity index (χ2v) is 7.56. The van der Waals surface area contributed by atoms with E-state index in [-0.39, 0.29) is 16.7 Å². The number of likely N-dealkylation sites (tertiary alicyclic amines) is 1. The summed E-state index contributed by atoms with van der Waals surface area (Å²) in [6, 6.07) is 3.31. The molecule has 1 aromatic rings. The van der Waals surface area contributed by atoms with Gasteiger partial charge in [-0.25, -0.2) is 13.1 Å². The number of sulfonamides is 1. The van der Waals surface area contributed by atoms with Gasteiger partial charge in [-0.3, -0.25) is 4.79 Å². The minimum Gasteiger partial charge on any atom is -0.342 e. The molecule has 0 unspecified atom stereocenters. The number of nitrogens with zero attached hydrogens (tertiary/aromatic N) is 1. The van der Waals surface area contributed by atoms with Gasteiger partial charge < -0.3 is 4.90 Å². The largest absolute Gasteiger partial charge is 0.342 e. The Labute approximate surface area is 111 Å². The van der Waals surface area contributed by atoms with Crippen molar-refractivity contribution >= 4 is 27.3 Å². The molecule has 5 nitrogen and oxygen atoms in total. The zero-order valence-corrected chi connectivity index (χ0v) is 11.8. The quantitative estimate of drug-likeness (QED) is 0.897. The van der Waals surface area contributed by atoms with E-state index >= 15 is 0 Å². The van der Waals surface area contributed by atoms with E-state index in [0.717, 1.165) is 30.8 Å². The molecule has 0 radical (unpaired) electrons. The molecule has 0 aliphatic carbocycles. The Morgan fingerprint density at radius 2 is 2.06 bits per heavy atom. The van der Waals surface area contributed by atoms with Crippen molar-refractivity contribution in [1.29, 1.82) is 0 Å². The highest BCUT2D eigenvalue weighted by atomic mass is 32.2. The number of carbonyl (C=O) groups excluding carboxylic acids is 1. The number of hydrogen-bond acceptors (Lipinski definition) is 4. The fourth-order valence-corrected chi connectivity index (χ4v) is 4.17. The SMILES string of the molecule is Cc1ccc(S(=O)(=O)NCC(=O)N2CCCC2)s1. The van der Waals surface area contributed by atoms with Gasteiger partial charge in [0.25, 0.3) is 10.0 Å². The van der Waals surface area contributed by atoms with Crippen LogP contribution in [0.4, 0.5) is 0 Å². The van der Waals surface area contributed by atoms with Gasteiger partial charge in [0, 0.05) is 18.0 Å². The van der Waals surface area contributed by atoms with E-state index in [1.165, 1.54) is 11.3 Å². The van der Waals surface area contributed by atoms with Crippen molar-refractivity contribution in [2.75, 3.05) is 19.6 Å². The molecule has 1 saturated heterocycles. The molecule has 100 valence electrons. The fraction of sp³-hybridized carbons (Fsp3) is 0.545. The van der Waals surface area contributed by atoms with Crippen molar-refractivity contribution in [1.82, 2.24) is 9.62 Å². The molecule has 0 spiro atoms. The Kier molecular flexibility index (Phi) is 4.04. The predicted molar refractivity (Wildman–Crippen MR) is 70.1 cm³/mol. The average Bonchev–Trinajstić information content (AvgIpc) is 2.96. The van der Waals surface area contributed by atoms with E-state index in [1.54, 1.807) is 17.0 Å². The summed E-state index contributed by atoms with van der Waals surface area (Å²) < 4.78 is 26.4. The molecule has 1 aromatic heterocycles. The number of aryl methyl sites for hydroxylation is 1.